The third-order valence-corrected chi connectivity index (χ3v) is 6.95. The number of methoxy groups -OCH3 is 1. The molecule has 0 unspecified atom stereocenters. The standard InChI is InChI=1S/C29H35FN2O6/c1-15-18-9-8-12-37-25(18)21(30)14-19(15)24-20-13-17(10-11-22(33)34)32(6)27(20)31-16(2)23(24)26(28(35)36-7)38-29(3,4)5/h13-14,26H,8-12H2,1-7H3,(H,33,34)/t26-/m0/s1. The summed E-state index contributed by atoms with van der Waals surface area (Å²) in [5, 5.41) is 9.94. The molecule has 38 heavy (non-hydrogen) atoms. The van der Waals surface area contributed by atoms with Gasteiger partial charge in [0.15, 0.2) is 17.7 Å². The van der Waals surface area contributed by atoms with E-state index in [2.05, 4.69) is 0 Å². The third kappa shape index (κ3) is 5.12. The molecule has 0 bridgehead atoms. The van der Waals surface area contributed by atoms with Crippen molar-refractivity contribution in [3.63, 3.8) is 0 Å². The third-order valence-electron chi connectivity index (χ3n) is 6.95. The molecule has 9 heteroatoms. The number of aromatic nitrogens is 2. The normalized spacial score (nSPS) is 14.2. The van der Waals surface area contributed by atoms with Crippen molar-refractivity contribution in [3.8, 4) is 16.9 Å². The Morgan fingerprint density at radius 1 is 1.26 bits per heavy atom. The van der Waals surface area contributed by atoms with Gasteiger partial charge in [0, 0.05) is 40.5 Å². The average Bonchev–Trinajstić information content (AvgIpc) is 3.16. The summed E-state index contributed by atoms with van der Waals surface area (Å²) in [6, 6.07) is 3.33. The lowest BCUT2D eigenvalue weighted by Crippen LogP contribution is -2.29. The van der Waals surface area contributed by atoms with Crippen LogP contribution in [0.3, 0.4) is 0 Å². The van der Waals surface area contributed by atoms with Gasteiger partial charge >= 0.3 is 11.9 Å². The van der Waals surface area contributed by atoms with Crippen LogP contribution >= 0.6 is 0 Å². The number of esters is 1. The molecule has 0 saturated carbocycles. The molecule has 1 aliphatic heterocycles. The summed E-state index contributed by atoms with van der Waals surface area (Å²) in [7, 11) is 3.13. The summed E-state index contributed by atoms with van der Waals surface area (Å²) >= 11 is 0. The molecule has 0 amide bonds. The number of rotatable bonds is 7. The monoisotopic (exact) mass is 526 g/mol. The Labute approximate surface area is 221 Å². The number of fused-ring (bicyclic) bond motifs is 2. The van der Waals surface area contributed by atoms with E-state index in [4.69, 9.17) is 19.2 Å². The summed E-state index contributed by atoms with van der Waals surface area (Å²) in [6.45, 7) is 9.71. The van der Waals surface area contributed by atoms with Gasteiger partial charge in [0.25, 0.3) is 0 Å². The molecule has 204 valence electrons. The summed E-state index contributed by atoms with van der Waals surface area (Å²) in [5.41, 5.74) is 4.57. The van der Waals surface area contributed by atoms with Crippen LogP contribution in [0.15, 0.2) is 12.1 Å². The fourth-order valence-electron chi connectivity index (χ4n) is 5.20. The maximum absolute atomic E-state index is 15.5. The molecule has 3 aromatic rings. The highest BCUT2D eigenvalue weighted by atomic mass is 19.1. The van der Waals surface area contributed by atoms with E-state index >= 15 is 4.39 Å². The van der Waals surface area contributed by atoms with Gasteiger partial charge in [0.05, 0.1) is 25.7 Å². The molecule has 1 atom stereocenters. The molecule has 8 nitrogen and oxygen atoms in total. The predicted molar refractivity (Wildman–Crippen MR) is 141 cm³/mol. The Balaban J connectivity index is 2.11. The van der Waals surface area contributed by atoms with E-state index in [1.54, 1.807) is 6.92 Å². The summed E-state index contributed by atoms with van der Waals surface area (Å²) < 4.78 is 34.4. The van der Waals surface area contributed by atoms with Crippen LogP contribution in [0, 0.1) is 19.7 Å². The van der Waals surface area contributed by atoms with Crippen LogP contribution in [0.4, 0.5) is 4.39 Å². The van der Waals surface area contributed by atoms with Crippen LogP contribution in [0.5, 0.6) is 5.75 Å². The number of hydrogen-bond acceptors (Lipinski definition) is 6. The zero-order chi connectivity index (χ0) is 27.9. The van der Waals surface area contributed by atoms with Gasteiger partial charge in [-0.2, -0.15) is 0 Å². The Morgan fingerprint density at radius 3 is 2.61 bits per heavy atom. The zero-order valence-electron chi connectivity index (χ0n) is 23.0. The second-order valence-electron chi connectivity index (χ2n) is 10.7. The van der Waals surface area contributed by atoms with Gasteiger partial charge in [-0.15, -0.1) is 0 Å². The van der Waals surface area contributed by atoms with Crippen molar-refractivity contribution in [1.82, 2.24) is 9.55 Å². The van der Waals surface area contributed by atoms with E-state index < -0.39 is 29.5 Å². The molecular weight excluding hydrogens is 491 g/mol. The van der Waals surface area contributed by atoms with Gasteiger partial charge in [0.1, 0.15) is 5.65 Å². The van der Waals surface area contributed by atoms with Crippen molar-refractivity contribution in [3.05, 3.63) is 46.0 Å². The highest BCUT2D eigenvalue weighted by Gasteiger charge is 2.35. The number of carboxylic acid groups (broad SMARTS) is 1. The number of hydrogen-bond donors (Lipinski definition) is 1. The fraction of sp³-hybridized carbons (Fsp3) is 0.483. The molecule has 0 spiro atoms. The van der Waals surface area contributed by atoms with Crippen LogP contribution in [0.25, 0.3) is 22.2 Å². The van der Waals surface area contributed by atoms with Crippen LogP contribution in [0.1, 0.15) is 67.8 Å². The van der Waals surface area contributed by atoms with E-state index in [1.165, 1.54) is 13.2 Å². The lowest BCUT2D eigenvalue weighted by atomic mass is 9.86. The van der Waals surface area contributed by atoms with Crippen molar-refractivity contribution < 1.29 is 33.3 Å². The molecule has 0 fully saturated rings. The maximum atomic E-state index is 15.5. The van der Waals surface area contributed by atoms with Gasteiger partial charge in [-0.05, 0) is 77.1 Å². The first kappa shape index (κ1) is 27.6. The number of carbonyl (C=O) groups excluding carboxylic acids is 1. The largest absolute Gasteiger partial charge is 0.490 e. The Morgan fingerprint density at radius 2 is 1.97 bits per heavy atom. The number of halogens is 1. The first-order chi connectivity index (χ1) is 17.8. The molecule has 4 rings (SSSR count). The minimum absolute atomic E-state index is 0.0485. The zero-order valence-corrected chi connectivity index (χ0v) is 23.0. The number of nitrogens with zero attached hydrogens (tertiary/aromatic N) is 2. The van der Waals surface area contributed by atoms with Gasteiger partial charge in [-0.25, -0.2) is 14.2 Å². The molecule has 0 radical (unpaired) electrons. The lowest BCUT2D eigenvalue weighted by molar-refractivity contribution is -0.164. The topological polar surface area (TPSA) is 99.9 Å². The summed E-state index contributed by atoms with van der Waals surface area (Å²) in [4.78, 5) is 29.3. The number of ether oxygens (including phenoxy) is 3. The van der Waals surface area contributed by atoms with Gasteiger partial charge < -0.3 is 23.9 Å². The number of benzene rings is 1. The Kier molecular flexibility index (Phi) is 7.52. The minimum atomic E-state index is -1.12. The number of aryl methyl sites for hydroxylation is 3. The average molecular weight is 527 g/mol. The number of carboxylic acids is 1. The minimum Gasteiger partial charge on any atom is -0.490 e. The van der Waals surface area contributed by atoms with Gasteiger partial charge in [0.2, 0.25) is 0 Å². The lowest BCUT2D eigenvalue weighted by Gasteiger charge is -2.29. The van der Waals surface area contributed by atoms with Crippen molar-refractivity contribution in [2.45, 2.75) is 72.0 Å². The van der Waals surface area contributed by atoms with E-state index in [0.29, 0.717) is 52.9 Å². The first-order valence-corrected chi connectivity index (χ1v) is 12.8. The Hall–Kier alpha value is -3.46. The maximum Gasteiger partial charge on any atom is 0.339 e. The van der Waals surface area contributed by atoms with Crippen LogP contribution < -0.4 is 4.74 Å². The van der Waals surface area contributed by atoms with E-state index in [0.717, 1.165) is 23.2 Å². The summed E-state index contributed by atoms with van der Waals surface area (Å²) in [6.07, 6.45) is 0.570. The fourth-order valence-corrected chi connectivity index (χ4v) is 5.20. The molecule has 1 N–H and O–H groups in total. The molecule has 2 aromatic heterocycles. The van der Waals surface area contributed by atoms with Crippen molar-refractivity contribution in [2.75, 3.05) is 13.7 Å². The highest BCUT2D eigenvalue weighted by molar-refractivity contribution is 5.99. The Bertz CT molecular complexity index is 1420. The summed E-state index contributed by atoms with van der Waals surface area (Å²) in [5.74, 6) is -1.70. The number of pyridine rings is 1. The SMILES string of the molecule is COC(=O)[C@@H](OC(C)(C)C)c1c(C)nc2c(cc(CCC(=O)O)n2C)c1-c1cc(F)c2c(c1C)CCCO2. The van der Waals surface area contributed by atoms with Crippen LogP contribution in [0.2, 0.25) is 0 Å². The van der Waals surface area contributed by atoms with Gasteiger partial charge in [-0.3, -0.25) is 4.79 Å². The van der Waals surface area contributed by atoms with Crippen molar-refractivity contribution in [2.24, 2.45) is 7.05 Å². The number of carbonyl (C=O) groups is 2. The molecule has 3 heterocycles. The molecule has 1 aliphatic rings. The van der Waals surface area contributed by atoms with Crippen molar-refractivity contribution in [1.29, 1.82) is 0 Å². The van der Waals surface area contributed by atoms with E-state index in [-0.39, 0.29) is 12.2 Å². The van der Waals surface area contributed by atoms with Crippen molar-refractivity contribution >= 4 is 23.0 Å². The van der Waals surface area contributed by atoms with Crippen LogP contribution in [-0.4, -0.2) is 45.9 Å². The second-order valence-corrected chi connectivity index (χ2v) is 10.7. The molecule has 0 saturated heterocycles. The number of aliphatic carboxylic acids is 1. The smallest absolute Gasteiger partial charge is 0.339 e. The van der Waals surface area contributed by atoms with E-state index in [9.17, 15) is 14.7 Å². The molecule has 0 aliphatic carbocycles. The highest BCUT2D eigenvalue weighted by Crippen LogP contribution is 2.45. The predicted octanol–water partition coefficient (Wildman–Crippen LogP) is 5.37. The van der Waals surface area contributed by atoms with Crippen LogP contribution in [-0.2, 0) is 39.0 Å². The van der Waals surface area contributed by atoms with Gasteiger partial charge in [-0.1, -0.05) is 0 Å². The quantitative estimate of drug-likeness (QED) is 0.413. The van der Waals surface area contributed by atoms with E-state index in [1.807, 2.05) is 45.4 Å². The molecular formula is C29H35FN2O6. The first-order valence-electron chi connectivity index (χ1n) is 12.8. The second kappa shape index (κ2) is 10.4. The molecule has 1 aromatic carbocycles.